The molecule has 2 aromatic rings. The maximum atomic E-state index is 10.7. The number of nitro groups is 1. The highest BCUT2D eigenvalue weighted by molar-refractivity contribution is 5.57. The van der Waals surface area contributed by atoms with Gasteiger partial charge in [0.1, 0.15) is 0 Å². The maximum Gasteiger partial charge on any atom is 0.321 e. The van der Waals surface area contributed by atoms with E-state index in [0.29, 0.717) is 30.0 Å². The summed E-state index contributed by atoms with van der Waals surface area (Å²) in [5.41, 5.74) is 0.709. The number of nitrogens with one attached hydrogen (secondary N) is 1. The maximum absolute atomic E-state index is 10.7. The second-order valence-electron chi connectivity index (χ2n) is 6.30. The number of hydrogen-bond acceptors (Lipinski definition) is 8. The Kier molecular flexibility index (Phi) is 5.25. The van der Waals surface area contributed by atoms with Crippen molar-refractivity contribution in [2.24, 2.45) is 0 Å². The standard InChI is InChI=1S/C16H22N6O3/c1-12(21-9-7-20(2)8-10-21)11-17-16-18-15(19-25-16)13-3-5-14(6-4-13)22(23)24/h3-6,12H,7-11H2,1-2H3,(H,17,18,19)/t12-/m0/s1. The number of anilines is 1. The van der Waals surface area contributed by atoms with E-state index in [2.05, 4.69) is 39.2 Å². The van der Waals surface area contributed by atoms with Crippen molar-refractivity contribution < 1.29 is 9.45 Å². The van der Waals surface area contributed by atoms with Gasteiger partial charge in [0.15, 0.2) is 0 Å². The lowest BCUT2D eigenvalue weighted by Gasteiger charge is -2.36. The van der Waals surface area contributed by atoms with Crippen LogP contribution in [0.25, 0.3) is 11.4 Å². The molecule has 1 aliphatic heterocycles. The molecule has 0 bridgehead atoms. The molecule has 1 aliphatic rings. The van der Waals surface area contributed by atoms with Gasteiger partial charge in [0.25, 0.3) is 5.69 Å². The minimum atomic E-state index is -0.438. The third-order valence-electron chi connectivity index (χ3n) is 4.47. The molecule has 9 heteroatoms. The van der Waals surface area contributed by atoms with E-state index in [4.69, 9.17) is 4.52 Å². The van der Waals surface area contributed by atoms with Crippen molar-refractivity contribution in [2.75, 3.05) is 45.1 Å². The molecule has 1 fully saturated rings. The van der Waals surface area contributed by atoms with Crippen LogP contribution >= 0.6 is 0 Å². The van der Waals surface area contributed by atoms with Crippen molar-refractivity contribution in [1.29, 1.82) is 0 Å². The molecule has 1 aromatic carbocycles. The highest BCUT2D eigenvalue weighted by Gasteiger charge is 2.19. The first-order valence-corrected chi connectivity index (χ1v) is 8.28. The molecule has 2 heterocycles. The number of likely N-dealkylation sites (N-methyl/N-ethyl adjacent to an activating group) is 1. The summed E-state index contributed by atoms with van der Waals surface area (Å²) in [5, 5.41) is 17.8. The van der Waals surface area contributed by atoms with E-state index in [0.717, 1.165) is 26.2 Å². The zero-order chi connectivity index (χ0) is 17.8. The van der Waals surface area contributed by atoms with Gasteiger partial charge in [0.2, 0.25) is 5.82 Å². The van der Waals surface area contributed by atoms with Crippen molar-refractivity contribution >= 4 is 11.7 Å². The number of rotatable bonds is 6. The molecule has 0 spiro atoms. The van der Waals surface area contributed by atoms with E-state index in [1.165, 1.54) is 12.1 Å². The van der Waals surface area contributed by atoms with Crippen LogP contribution in [0.4, 0.5) is 11.7 Å². The van der Waals surface area contributed by atoms with Gasteiger partial charge in [-0.25, -0.2) is 0 Å². The summed E-state index contributed by atoms with van der Waals surface area (Å²) in [6, 6.07) is 6.79. The van der Waals surface area contributed by atoms with E-state index in [1.807, 2.05) is 0 Å². The average Bonchev–Trinajstić information content (AvgIpc) is 3.09. The summed E-state index contributed by atoms with van der Waals surface area (Å²) in [5.74, 6) is 0.407. The van der Waals surface area contributed by atoms with E-state index in [9.17, 15) is 10.1 Å². The minimum Gasteiger partial charge on any atom is -0.336 e. The lowest BCUT2D eigenvalue weighted by molar-refractivity contribution is -0.384. The molecule has 1 aromatic heterocycles. The second kappa shape index (κ2) is 7.58. The fraction of sp³-hybridized carbons (Fsp3) is 0.500. The molecule has 0 saturated carbocycles. The Morgan fingerprint density at radius 2 is 1.96 bits per heavy atom. The molecule has 3 rings (SSSR count). The Morgan fingerprint density at radius 3 is 2.60 bits per heavy atom. The summed E-state index contributed by atoms with van der Waals surface area (Å²) in [6.45, 7) is 7.15. The molecular weight excluding hydrogens is 324 g/mol. The smallest absolute Gasteiger partial charge is 0.321 e. The third kappa shape index (κ3) is 4.31. The van der Waals surface area contributed by atoms with Gasteiger partial charge in [0, 0.05) is 56.5 Å². The topological polar surface area (TPSA) is 101 Å². The van der Waals surface area contributed by atoms with Gasteiger partial charge < -0.3 is 14.7 Å². The van der Waals surface area contributed by atoms with Crippen molar-refractivity contribution in [1.82, 2.24) is 19.9 Å². The summed E-state index contributed by atoms with van der Waals surface area (Å²) < 4.78 is 5.22. The van der Waals surface area contributed by atoms with E-state index < -0.39 is 4.92 Å². The minimum absolute atomic E-state index is 0.0339. The number of benzene rings is 1. The fourth-order valence-electron chi connectivity index (χ4n) is 2.77. The normalized spacial score (nSPS) is 17.4. The highest BCUT2D eigenvalue weighted by atomic mass is 16.6. The van der Waals surface area contributed by atoms with Crippen LogP contribution in [0.1, 0.15) is 6.92 Å². The first kappa shape index (κ1) is 17.3. The molecule has 0 amide bonds. The Balaban J connectivity index is 1.55. The van der Waals surface area contributed by atoms with E-state index in [-0.39, 0.29) is 5.69 Å². The summed E-state index contributed by atoms with van der Waals surface area (Å²) >= 11 is 0. The highest BCUT2D eigenvalue weighted by Crippen LogP contribution is 2.21. The molecule has 0 radical (unpaired) electrons. The van der Waals surface area contributed by atoms with Crippen LogP contribution in [0.2, 0.25) is 0 Å². The number of aromatic nitrogens is 2. The predicted molar refractivity (Wildman–Crippen MR) is 93.4 cm³/mol. The Labute approximate surface area is 145 Å². The summed E-state index contributed by atoms with van der Waals surface area (Å²) in [6.07, 6.45) is 0. The molecule has 25 heavy (non-hydrogen) atoms. The molecule has 1 atom stereocenters. The Bertz CT molecular complexity index is 709. The lowest BCUT2D eigenvalue weighted by Crippen LogP contribution is -2.49. The predicted octanol–water partition coefficient (Wildman–Crippen LogP) is 1.69. The van der Waals surface area contributed by atoms with Crippen LogP contribution in [0.15, 0.2) is 28.8 Å². The average molecular weight is 346 g/mol. The van der Waals surface area contributed by atoms with Crippen LogP contribution in [0, 0.1) is 10.1 Å². The second-order valence-corrected chi connectivity index (χ2v) is 6.30. The van der Waals surface area contributed by atoms with Gasteiger partial charge in [-0.2, -0.15) is 4.98 Å². The van der Waals surface area contributed by atoms with Gasteiger partial charge in [-0.05, 0) is 26.1 Å². The monoisotopic (exact) mass is 346 g/mol. The quantitative estimate of drug-likeness (QED) is 0.623. The number of nitro benzene ring substituents is 1. The van der Waals surface area contributed by atoms with Crippen molar-refractivity contribution in [3.8, 4) is 11.4 Å². The van der Waals surface area contributed by atoms with Crippen LogP contribution in [0.3, 0.4) is 0 Å². The zero-order valence-electron chi connectivity index (χ0n) is 14.4. The van der Waals surface area contributed by atoms with E-state index in [1.54, 1.807) is 12.1 Å². The van der Waals surface area contributed by atoms with Crippen molar-refractivity contribution in [3.63, 3.8) is 0 Å². The summed E-state index contributed by atoms with van der Waals surface area (Å²) in [7, 11) is 2.14. The summed E-state index contributed by atoms with van der Waals surface area (Å²) in [4.78, 5) is 19.3. The first-order valence-electron chi connectivity index (χ1n) is 8.28. The van der Waals surface area contributed by atoms with Crippen molar-refractivity contribution in [3.05, 3.63) is 34.4 Å². The van der Waals surface area contributed by atoms with Crippen LogP contribution < -0.4 is 5.32 Å². The van der Waals surface area contributed by atoms with E-state index >= 15 is 0 Å². The molecule has 0 unspecified atom stereocenters. The largest absolute Gasteiger partial charge is 0.336 e. The van der Waals surface area contributed by atoms with Crippen molar-refractivity contribution in [2.45, 2.75) is 13.0 Å². The van der Waals surface area contributed by atoms with Gasteiger partial charge in [-0.3, -0.25) is 15.0 Å². The van der Waals surface area contributed by atoms with Crippen LogP contribution in [0.5, 0.6) is 0 Å². The van der Waals surface area contributed by atoms with Gasteiger partial charge in [-0.15, -0.1) is 0 Å². The Hall–Kier alpha value is -2.52. The first-order chi connectivity index (χ1) is 12.0. The van der Waals surface area contributed by atoms with Gasteiger partial charge >= 0.3 is 6.01 Å². The molecule has 9 nitrogen and oxygen atoms in total. The molecular formula is C16H22N6O3. The number of non-ortho nitro benzene ring substituents is 1. The van der Waals surface area contributed by atoms with Crippen LogP contribution in [-0.2, 0) is 0 Å². The molecule has 1 N–H and O–H groups in total. The van der Waals surface area contributed by atoms with Gasteiger partial charge in [0.05, 0.1) is 4.92 Å². The zero-order valence-corrected chi connectivity index (χ0v) is 14.4. The molecule has 0 aliphatic carbocycles. The molecule has 134 valence electrons. The Morgan fingerprint density at radius 1 is 1.28 bits per heavy atom. The van der Waals surface area contributed by atoms with Crippen LogP contribution in [-0.4, -0.2) is 70.7 Å². The van der Waals surface area contributed by atoms with Gasteiger partial charge in [-0.1, -0.05) is 5.16 Å². The SMILES string of the molecule is C[C@@H](CNc1nc(-c2ccc([N+](=O)[O-])cc2)no1)N1CCN(C)CC1. The fourth-order valence-corrected chi connectivity index (χ4v) is 2.77. The molecule has 1 saturated heterocycles. The number of hydrogen-bond donors (Lipinski definition) is 1. The number of piperazine rings is 1. The lowest BCUT2D eigenvalue weighted by atomic mass is 10.2. The number of nitrogens with zero attached hydrogens (tertiary/aromatic N) is 5. The third-order valence-corrected chi connectivity index (χ3v) is 4.47.